The molecule has 2 N–H and O–H groups in total. The number of nitrogens with one attached hydrogen (secondary N) is 2. The van der Waals surface area contributed by atoms with Gasteiger partial charge in [0.05, 0.1) is 13.5 Å². The third-order valence-corrected chi connectivity index (χ3v) is 2.99. The Balaban J connectivity index is 5.09. The summed E-state index contributed by atoms with van der Waals surface area (Å²) in [4.78, 5) is 47.5. The zero-order valence-electron chi connectivity index (χ0n) is 16.1. The van der Waals surface area contributed by atoms with E-state index >= 15 is 0 Å². The van der Waals surface area contributed by atoms with E-state index in [-0.39, 0.29) is 18.2 Å². The van der Waals surface area contributed by atoms with Crippen molar-refractivity contribution in [2.24, 2.45) is 5.92 Å². The first-order chi connectivity index (χ1) is 11.4. The van der Waals surface area contributed by atoms with Gasteiger partial charge in [-0.1, -0.05) is 13.8 Å². The lowest BCUT2D eigenvalue weighted by molar-refractivity contribution is -0.159. The fraction of sp³-hybridized carbons (Fsp3) is 0.765. The van der Waals surface area contributed by atoms with E-state index in [0.29, 0.717) is 6.42 Å². The van der Waals surface area contributed by atoms with Gasteiger partial charge < -0.3 is 20.1 Å². The van der Waals surface area contributed by atoms with Crippen molar-refractivity contribution >= 4 is 23.8 Å². The molecule has 0 spiro atoms. The van der Waals surface area contributed by atoms with Crippen LogP contribution in [0.5, 0.6) is 0 Å². The van der Waals surface area contributed by atoms with Crippen LogP contribution in [0.4, 0.5) is 0 Å². The van der Waals surface area contributed by atoms with Gasteiger partial charge in [-0.05, 0) is 33.1 Å². The van der Waals surface area contributed by atoms with Gasteiger partial charge >= 0.3 is 11.9 Å². The molecule has 144 valence electrons. The van der Waals surface area contributed by atoms with Gasteiger partial charge in [-0.15, -0.1) is 0 Å². The molecule has 0 aromatic carbocycles. The Hall–Kier alpha value is -2.12. The maximum Gasteiger partial charge on any atom is 0.328 e. The molecule has 0 radical (unpaired) electrons. The van der Waals surface area contributed by atoms with Crippen molar-refractivity contribution in [3.63, 3.8) is 0 Å². The first kappa shape index (κ1) is 22.9. The third-order valence-electron chi connectivity index (χ3n) is 2.99. The molecule has 8 nitrogen and oxygen atoms in total. The van der Waals surface area contributed by atoms with E-state index in [4.69, 9.17) is 4.74 Å². The molecule has 0 saturated carbocycles. The number of carbonyl (C=O) groups excluding carboxylic acids is 4. The largest absolute Gasteiger partial charge is 0.467 e. The Morgan fingerprint density at radius 2 is 1.56 bits per heavy atom. The Morgan fingerprint density at radius 3 is 1.96 bits per heavy atom. The van der Waals surface area contributed by atoms with Crippen LogP contribution >= 0.6 is 0 Å². The summed E-state index contributed by atoms with van der Waals surface area (Å²) in [5.41, 5.74) is -0.710. The lowest BCUT2D eigenvalue weighted by atomic mass is 10.0. The summed E-state index contributed by atoms with van der Waals surface area (Å²) in [5.74, 6) is -2.16. The van der Waals surface area contributed by atoms with Crippen molar-refractivity contribution in [3.05, 3.63) is 0 Å². The van der Waals surface area contributed by atoms with Crippen LogP contribution in [0.15, 0.2) is 0 Å². The SMILES string of the molecule is COC(=O)[C@@H](CC(=O)OC(C)(C)C)NC(=O)[C@H](CC(C)C)NC(C)=O. The normalized spacial score (nSPS) is 13.6. The van der Waals surface area contributed by atoms with Gasteiger partial charge in [-0.25, -0.2) is 4.79 Å². The smallest absolute Gasteiger partial charge is 0.328 e. The van der Waals surface area contributed by atoms with Gasteiger partial charge in [0.15, 0.2) is 0 Å². The highest BCUT2D eigenvalue weighted by atomic mass is 16.6. The second-order valence-corrected chi connectivity index (χ2v) is 7.26. The van der Waals surface area contributed by atoms with Crippen molar-refractivity contribution in [2.75, 3.05) is 7.11 Å². The lowest BCUT2D eigenvalue weighted by Crippen LogP contribution is -2.52. The van der Waals surface area contributed by atoms with Gasteiger partial charge in [0.1, 0.15) is 17.7 Å². The van der Waals surface area contributed by atoms with Crippen LogP contribution in [-0.4, -0.2) is 48.5 Å². The fourth-order valence-electron chi connectivity index (χ4n) is 2.11. The van der Waals surface area contributed by atoms with Crippen LogP contribution in [0.2, 0.25) is 0 Å². The molecule has 25 heavy (non-hydrogen) atoms. The minimum absolute atomic E-state index is 0.144. The Morgan fingerprint density at radius 1 is 1.00 bits per heavy atom. The standard InChI is InChI=1S/C17H30N2O6/c1-10(2)8-12(18-11(3)20)15(22)19-13(16(23)24-7)9-14(21)25-17(4,5)6/h10,12-13H,8-9H2,1-7H3,(H,18,20)(H,19,22)/t12-,13+/m0/s1. The number of esters is 2. The highest BCUT2D eigenvalue weighted by Crippen LogP contribution is 2.11. The quantitative estimate of drug-likeness (QED) is 0.625. The molecule has 0 heterocycles. The molecule has 0 aromatic heterocycles. The summed E-state index contributed by atoms with van der Waals surface area (Å²) >= 11 is 0. The molecule has 0 rings (SSSR count). The zero-order chi connectivity index (χ0) is 19.8. The van der Waals surface area contributed by atoms with Crippen LogP contribution in [0, 0.1) is 5.92 Å². The number of hydrogen-bond donors (Lipinski definition) is 2. The van der Waals surface area contributed by atoms with E-state index in [1.165, 1.54) is 6.92 Å². The van der Waals surface area contributed by atoms with Crippen molar-refractivity contribution < 1.29 is 28.7 Å². The molecular weight excluding hydrogens is 328 g/mol. The van der Waals surface area contributed by atoms with Crippen LogP contribution in [0.25, 0.3) is 0 Å². The Bertz CT molecular complexity index is 496. The molecule has 0 aromatic rings. The van der Waals surface area contributed by atoms with Crippen molar-refractivity contribution in [2.45, 2.75) is 72.1 Å². The van der Waals surface area contributed by atoms with Gasteiger partial charge in [-0.3, -0.25) is 14.4 Å². The molecular formula is C17H30N2O6. The van der Waals surface area contributed by atoms with E-state index in [1.807, 2.05) is 13.8 Å². The summed E-state index contributed by atoms with van der Waals surface area (Å²) < 4.78 is 9.80. The number of carbonyl (C=O) groups is 4. The van der Waals surface area contributed by atoms with Crippen molar-refractivity contribution in [1.29, 1.82) is 0 Å². The van der Waals surface area contributed by atoms with E-state index < -0.39 is 35.5 Å². The van der Waals surface area contributed by atoms with Gasteiger partial charge in [-0.2, -0.15) is 0 Å². The van der Waals surface area contributed by atoms with E-state index in [0.717, 1.165) is 7.11 Å². The number of hydrogen-bond acceptors (Lipinski definition) is 6. The summed E-state index contributed by atoms with van der Waals surface area (Å²) in [6.07, 6.45) is 0.0376. The maximum atomic E-state index is 12.4. The highest BCUT2D eigenvalue weighted by molar-refractivity contribution is 5.92. The van der Waals surface area contributed by atoms with Gasteiger partial charge in [0.25, 0.3) is 0 Å². The summed E-state index contributed by atoms with van der Waals surface area (Å²) in [6.45, 7) is 10.2. The lowest BCUT2D eigenvalue weighted by Gasteiger charge is -2.24. The van der Waals surface area contributed by atoms with E-state index in [9.17, 15) is 19.2 Å². The summed E-state index contributed by atoms with van der Waals surface area (Å²) in [6, 6.07) is -1.99. The van der Waals surface area contributed by atoms with Crippen LogP contribution in [-0.2, 0) is 28.7 Å². The van der Waals surface area contributed by atoms with Crippen molar-refractivity contribution in [3.8, 4) is 0 Å². The number of methoxy groups -OCH3 is 1. The summed E-state index contributed by atoms with van der Waals surface area (Å²) in [7, 11) is 1.16. The number of rotatable bonds is 8. The molecule has 2 amide bonds. The molecule has 0 aliphatic heterocycles. The molecule has 2 atom stereocenters. The maximum absolute atomic E-state index is 12.4. The minimum Gasteiger partial charge on any atom is -0.467 e. The monoisotopic (exact) mass is 358 g/mol. The van der Waals surface area contributed by atoms with E-state index in [1.54, 1.807) is 20.8 Å². The Kier molecular flexibility index (Phi) is 9.16. The van der Waals surface area contributed by atoms with Gasteiger partial charge in [0.2, 0.25) is 11.8 Å². The average Bonchev–Trinajstić information content (AvgIpc) is 2.41. The molecule has 8 heteroatoms. The highest BCUT2D eigenvalue weighted by Gasteiger charge is 2.30. The topological polar surface area (TPSA) is 111 Å². The molecule has 0 saturated heterocycles. The predicted octanol–water partition coefficient (Wildman–Crippen LogP) is 0.927. The zero-order valence-corrected chi connectivity index (χ0v) is 16.1. The van der Waals surface area contributed by atoms with Gasteiger partial charge in [0, 0.05) is 6.92 Å². The second kappa shape index (κ2) is 10.0. The minimum atomic E-state index is -1.18. The number of amides is 2. The molecule has 0 fully saturated rings. The third kappa shape index (κ3) is 10.4. The van der Waals surface area contributed by atoms with E-state index in [2.05, 4.69) is 15.4 Å². The van der Waals surface area contributed by atoms with Crippen LogP contribution in [0.1, 0.15) is 54.4 Å². The molecule has 0 bridgehead atoms. The number of ether oxygens (including phenoxy) is 2. The first-order valence-electron chi connectivity index (χ1n) is 8.22. The second-order valence-electron chi connectivity index (χ2n) is 7.26. The summed E-state index contributed by atoms with van der Waals surface area (Å²) in [5, 5.41) is 5.01. The Labute approximate surface area is 149 Å². The molecule has 0 aliphatic rings. The molecule has 0 unspecified atom stereocenters. The first-order valence-corrected chi connectivity index (χ1v) is 8.22. The average molecular weight is 358 g/mol. The fourth-order valence-corrected chi connectivity index (χ4v) is 2.11. The predicted molar refractivity (Wildman–Crippen MR) is 91.5 cm³/mol. The van der Waals surface area contributed by atoms with Crippen LogP contribution in [0.3, 0.4) is 0 Å². The van der Waals surface area contributed by atoms with Crippen molar-refractivity contribution in [1.82, 2.24) is 10.6 Å². The van der Waals surface area contributed by atoms with Crippen LogP contribution < -0.4 is 10.6 Å². The molecule has 0 aliphatic carbocycles.